The molecule has 0 radical (unpaired) electrons. The molecule has 0 spiro atoms. The summed E-state index contributed by atoms with van der Waals surface area (Å²) in [5.41, 5.74) is 3.43. The smallest absolute Gasteiger partial charge is 0.191 e. The molecule has 2 nitrogen and oxygen atoms in total. The first-order valence-corrected chi connectivity index (χ1v) is 14.1. The summed E-state index contributed by atoms with van der Waals surface area (Å²) in [6.07, 6.45) is 1.79. The normalized spacial score (nSPS) is 14.1. The molecular weight excluding hydrogens is 380 g/mol. The Morgan fingerprint density at radius 1 is 1.04 bits per heavy atom. The third kappa shape index (κ3) is 6.54. The number of hydrogen-bond donors (Lipinski definition) is 0. The first kappa shape index (κ1) is 22.8. The van der Waals surface area contributed by atoms with Crippen molar-refractivity contribution in [3.63, 3.8) is 0 Å². The predicted molar refractivity (Wildman–Crippen MR) is 124 cm³/mol. The van der Waals surface area contributed by atoms with Crippen LogP contribution in [0.15, 0.2) is 64.9 Å². The van der Waals surface area contributed by atoms with Gasteiger partial charge in [0.15, 0.2) is 8.32 Å². The van der Waals surface area contributed by atoms with Crippen LogP contribution in [0.25, 0.3) is 5.57 Å². The molecule has 0 aliphatic carbocycles. The van der Waals surface area contributed by atoms with E-state index in [0.717, 1.165) is 35.5 Å². The zero-order valence-corrected chi connectivity index (χ0v) is 19.9. The summed E-state index contributed by atoms with van der Waals surface area (Å²) in [7, 11) is -2.88. The Hall–Kier alpha value is -1.49. The van der Waals surface area contributed by atoms with Crippen molar-refractivity contribution < 1.29 is 8.63 Å². The molecule has 0 aliphatic heterocycles. The van der Waals surface area contributed by atoms with Crippen LogP contribution < -0.4 is 0 Å². The fraction of sp³-hybridized carbons (Fsp3) is 0.417. The first-order chi connectivity index (χ1) is 13.1. The Balaban J connectivity index is 2.11. The van der Waals surface area contributed by atoms with Gasteiger partial charge >= 0.3 is 0 Å². The van der Waals surface area contributed by atoms with E-state index in [2.05, 4.69) is 46.0 Å². The van der Waals surface area contributed by atoms with Crippen molar-refractivity contribution in [1.29, 1.82) is 0 Å². The third-order valence-electron chi connectivity index (χ3n) is 5.51. The number of allylic oxidation sites excluding steroid dienone is 1. The molecule has 2 aromatic carbocycles. The second kappa shape index (κ2) is 9.81. The van der Waals surface area contributed by atoms with Gasteiger partial charge in [-0.3, -0.25) is 0 Å². The summed E-state index contributed by atoms with van der Waals surface area (Å²) < 4.78 is 19.2. The summed E-state index contributed by atoms with van der Waals surface area (Å²) in [6.45, 7) is 14.1. The number of rotatable bonds is 8. The van der Waals surface area contributed by atoms with Gasteiger partial charge in [0.1, 0.15) is 0 Å². The van der Waals surface area contributed by atoms with E-state index >= 15 is 0 Å². The topological polar surface area (TPSA) is 26.3 Å². The van der Waals surface area contributed by atoms with Crippen LogP contribution in [-0.4, -0.2) is 19.1 Å². The molecule has 0 saturated heterocycles. The molecule has 0 N–H and O–H groups in total. The second-order valence-electron chi connectivity index (χ2n) is 8.83. The number of aryl methyl sites for hydroxylation is 1. The molecule has 0 aliphatic rings. The molecular formula is C24H34O2SSi. The van der Waals surface area contributed by atoms with E-state index in [9.17, 15) is 4.21 Å². The van der Waals surface area contributed by atoms with Gasteiger partial charge < -0.3 is 4.43 Å². The lowest BCUT2D eigenvalue weighted by molar-refractivity contribution is 0.284. The Morgan fingerprint density at radius 2 is 1.64 bits per heavy atom. The minimum Gasteiger partial charge on any atom is -0.417 e. The highest BCUT2D eigenvalue weighted by Gasteiger charge is 2.36. The van der Waals surface area contributed by atoms with E-state index in [0.29, 0.717) is 0 Å². The molecule has 28 heavy (non-hydrogen) atoms. The lowest BCUT2D eigenvalue weighted by Crippen LogP contribution is -2.40. The molecule has 0 fully saturated rings. The molecule has 0 heterocycles. The molecule has 0 amide bonds. The van der Waals surface area contributed by atoms with Crippen molar-refractivity contribution in [2.75, 3.05) is 6.61 Å². The molecule has 1 atom stereocenters. The number of hydrogen-bond acceptors (Lipinski definition) is 2. The van der Waals surface area contributed by atoms with E-state index in [-0.39, 0.29) is 5.04 Å². The maximum atomic E-state index is 12.9. The van der Waals surface area contributed by atoms with E-state index < -0.39 is 19.1 Å². The molecule has 4 heteroatoms. The zero-order valence-electron chi connectivity index (χ0n) is 18.1. The minimum atomic E-state index is -1.73. The zero-order chi connectivity index (χ0) is 20.8. The number of benzene rings is 2. The highest BCUT2D eigenvalue weighted by molar-refractivity contribution is 7.88. The van der Waals surface area contributed by atoms with Gasteiger partial charge in [-0.2, -0.15) is 0 Å². The molecule has 2 rings (SSSR count). The Morgan fingerprint density at radius 3 is 2.21 bits per heavy atom. The van der Waals surface area contributed by atoms with Crippen LogP contribution in [0.3, 0.4) is 0 Å². The van der Waals surface area contributed by atoms with Crippen LogP contribution in [0.1, 0.15) is 44.7 Å². The Bertz CT molecular complexity index is 803. The van der Waals surface area contributed by atoms with Gasteiger partial charge in [-0.25, -0.2) is 4.21 Å². The van der Waals surface area contributed by atoms with Crippen molar-refractivity contribution >= 4 is 24.7 Å². The van der Waals surface area contributed by atoms with Gasteiger partial charge in [0, 0.05) is 16.9 Å². The van der Waals surface area contributed by atoms with Gasteiger partial charge in [-0.05, 0) is 61.2 Å². The Labute approximate surface area is 174 Å². The summed E-state index contributed by atoms with van der Waals surface area (Å²) >= 11 is 0. The van der Waals surface area contributed by atoms with Crippen LogP contribution in [0.5, 0.6) is 0 Å². The predicted octanol–water partition coefficient (Wildman–Crippen LogP) is 6.95. The summed E-state index contributed by atoms with van der Waals surface area (Å²) in [6, 6.07) is 18.2. The first-order valence-electron chi connectivity index (χ1n) is 9.97. The summed E-state index contributed by atoms with van der Waals surface area (Å²) in [4.78, 5) is 0.844. The molecule has 152 valence electrons. The van der Waals surface area contributed by atoms with Crippen LogP contribution in [-0.2, 0) is 15.2 Å². The average molecular weight is 415 g/mol. The second-order valence-corrected chi connectivity index (χ2v) is 14.9. The molecule has 0 unspecified atom stereocenters. The lowest BCUT2D eigenvalue weighted by Gasteiger charge is -2.36. The van der Waals surface area contributed by atoms with Crippen LogP contribution >= 0.6 is 0 Å². The third-order valence-corrected chi connectivity index (χ3v) is 11.3. The quantitative estimate of drug-likeness (QED) is 0.345. The van der Waals surface area contributed by atoms with Gasteiger partial charge in [0.25, 0.3) is 0 Å². The summed E-state index contributed by atoms with van der Waals surface area (Å²) in [5.74, 6) is 0. The monoisotopic (exact) mass is 414 g/mol. The molecule has 0 saturated carbocycles. The van der Waals surface area contributed by atoms with E-state index in [1.165, 1.54) is 5.56 Å². The van der Waals surface area contributed by atoms with Crippen LogP contribution in [0.4, 0.5) is 0 Å². The highest BCUT2D eigenvalue weighted by Crippen LogP contribution is 2.36. The molecule has 2 aromatic rings. The largest absolute Gasteiger partial charge is 0.417 e. The van der Waals surface area contributed by atoms with Gasteiger partial charge in [0.2, 0.25) is 0 Å². The molecule has 0 bridgehead atoms. The van der Waals surface area contributed by atoms with E-state index in [1.807, 2.05) is 54.8 Å². The summed E-state index contributed by atoms with van der Waals surface area (Å²) in [5, 5.41) is 2.13. The van der Waals surface area contributed by atoms with E-state index in [4.69, 9.17) is 4.43 Å². The fourth-order valence-corrected chi connectivity index (χ4v) is 4.74. The standard InChI is InChI=1S/C24H34O2SSi/c1-20-14-16-23(17-15-20)27(25)19-22(21-11-8-7-9-12-21)13-10-18-26-28(5,6)24(2,3)4/h7-9,11-12,14-17,19H,10,13,18H2,1-6H3/b22-19+/t27-/m1/s1. The van der Waals surface area contributed by atoms with Crippen molar-refractivity contribution in [1.82, 2.24) is 0 Å². The van der Waals surface area contributed by atoms with Crippen LogP contribution in [0.2, 0.25) is 18.1 Å². The lowest BCUT2D eigenvalue weighted by atomic mass is 10.0. The van der Waals surface area contributed by atoms with Crippen molar-refractivity contribution in [3.05, 3.63) is 71.1 Å². The van der Waals surface area contributed by atoms with Crippen molar-refractivity contribution in [2.45, 2.75) is 63.6 Å². The van der Waals surface area contributed by atoms with Gasteiger partial charge in [-0.15, -0.1) is 0 Å². The average Bonchev–Trinajstić information content (AvgIpc) is 2.64. The minimum absolute atomic E-state index is 0.220. The highest BCUT2D eigenvalue weighted by atomic mass is 32.2. The van der Waals surface area contributed by atoms with Crippen molar-refractivity contribution in [2.24, 2.45) is 0 Å². The van der Waals surface area contributed by atoms with Crippen molar-refractivity contribution in [3.8, 4) is 0 Å². The SMILES string of the molecule is Cc1ccc([S@](=O)/C=C(\CCCO[Si](C)(C)C(C)(C)C)c2ccccc2)cc1. The maximum absolute atomic E-state index is 12.9. The Kier molecular flexibility index (Phi) is 7.99. The molecule has 0 aromatic heterocycles. The fourth-order valence-electron chi connectivity index (χ4n) is 2.60. The van der Waals surface area contributed by atoms with Crippen LogP contribution in [0, 0.1) is 6.92 Å². The van der Waals surface area contributed by atoms with Gasteiger partial charge in [-0.1, -0.05) is 68.8 Å². The van der Waals surface area contributed by atoms with Gasteiger partial charge in [0.05, 0.1) is 10.8 Å². The van der Waals surface area contributed by atoms with E-state index in [1.54, 1.807) is 0 Å². The maximum Gasteiger partial charge on any atom is 0.191 e.